The van der Waals surface area contributed by atoms with Crippen LogP contribution in [0.5, 0.6) is 0 Å². The van der Waals surface area contributed by atoms with Gasteiger partial charge in [-0.3, -0.25) is 29.4 Å². The summed E-state index contributed by atoms with van der Waals surface area (Å²) in [5.74, 6) is -3.44. The van der Waals surface area contributed by atoms with Gasteiger partial charge in [-0.25, -0.2) is 0 Å². The highest BCUT2D eigenvalue weighted by molar-refractivity contribution is 6.15. The highest BCUT2D eigenvalue weighted by Gasteiger charge is 2.70. The lowest BCUT2D eigenvalue weighted by molar-refractivity contribution is -0.146. The Bertz CT molecular complexity index is 954. The maximum absolute atomic E-state index is 13.8. The van der Waals surface area contributed by atoms with Crippen molar-refractivity contribution in [2.24, 2.45) is 11.8 Å². The number of likely N-dealkylation sites (tertiary alicyclic amines) is 1. The molecule has 4 unspecified atom stereocenters. The van der Waals surface area contributed by atoms with E-state index in [1.165, 1.54) is 4.90 Å². The van der Waals surface area contributed by atoms with Crippen LogP contribution in [0.25, 0.3) is 0 Å². The van der Waals surface area contributed by atoms with Gasteiger partial charge in [-0.15, -0.1) is 0 Å². The SMILES string of the molecule is O=C(O)CCC1NC2(C(=O)Nc3ccccc32)C2C(=O)N(C3CCCCCC3)C(=O)C12. The lowest BCUT2D eigenvalue weighted by Crippen LogP contribution is -2.54. The van der Waals surface area contributed by atoms with E-state index in [2.05, 4.69) is 10.6 Å². The van der Waals surface area contributed by atoms with Crippen molar-refractivity contribution < 1.29 is 24.3 Å². The lowest BCUT2D eigenvalue weighted by Gasteiger charge is -2.32. The Kier molecular flexibility index (Phi) is 4.84. The summed E-state index contributed by atoms with van der Waals surface area (Å²) < 4.78 is 0. The van der Waals surface area contributed by atoms with Crippen LogP contribution in [-0.2, 0) is 24.7 Å². The first kappa shape index (κ1) is 20.2. The predicted octanol–water partition coefficient (Wildman–Crippen LogP) is 1.99. The molecule has 1 aromatic carbocycles. The number of hydrogen-bond donors (Lipinski definition) is 3. The first-order valence-electron chi connectivity index (χ1n) is 11.2. The number of amides is 3. The molecule has 8 heteroatoms. The molecule has 4 aliphatic rings. The number of carbonyl (C=O) groups excluding carboxylic acids is 3. The summed E-state index contributed by atoms with van der Waals surface area (Å²) in [5, 5.41) is 15.4. The van der Waals surface area contributed by atoms with E-state index in [1.807, 2.05) is 18.2 Å². The Morgan fingerprint density at radius 2 is 1.77 bits per heavy atom. The number of rotatable bonds is 4. The van der Waals surface area contributed by atoms with Crippen LogP contribution >= 0.6 is 0 Å². The zero-order chi connectivity index (χ0) is 21.8. The average Bonchev–Trinajstić information content (AvgIpc) is 3.21. The number of nitrogens with one attached hydrogen (secondary N) is 2. The number of carboxylic acids is 1. The van der Waals surface area contributed by atoms with E-state index >= 15 is 0 Å². The van der Waals surface area contributed by atoms with Gasteiger partial charge >= 0.3 is 5.97 Å². The van der Waals surface area contributed by atoms with Gasteiger partial charge in [-0.1, -0.05) is 43.9 Å². The topological polar surface area (TPSA) is 116 Å². The minimum absolute atomic E-state index is 0.134. The molecule has 1 aromatic rings. The fourth-order valence-electron chi connectivity index (χ4n) is 6.18. The lowest BCUT2D eigenvalue weighted by atomic mass is 9.76. The number of carboxylic acid groups (broad SMARTS) is 1. The molecule has 5 rings (SSSR count). The second-order valence-corrected chi connectivity index (χ2v) is 9.19. The molecule has 3 amide bonds. The number of imide groups is 1. The maximum atomic E-state index is 13.8. The van der Waals surface area contributed by atoms with Crippen molar-refractivity contribution in [3.8, 4) is 0 Å². The van der Waals surface area contributed by atoms with E-state index in [0.717, 1.165) is 38.5 Å². The van der Waals surface area contributed by atoms with Crippen LogP contribution in [0.4, 0.5) is 5.69 Å². The predicted molar refractivity (Wildman–Crippen MR) is 111 cm³/mol. The first-order valence-corrected chi connectivity index (χ1v) is 11.2. The summed E-state index contributed by atoms with van der Waals surface area (Å²) in [6, 6.07) is 6.53. The summed E-state index contributed by atoms with van der Waals surface area (Å²) >= 11 is 0. The molecule has 1 spiro atoms. The number of aliphatic carboxylic acids is 1. The molecule has 4 atom stereocenters. The molecule has 3 fully saturated rings. The molecule has 0 radical (unpaired) electrons. The monoisotopic (exact) mass is 425 g/mol. The third-order valence-corrected chi connectivity index (χ3v) is 7.52. The van der Waals surface area contributed by atoms with E-state index in [0.29, 0.717) is 11.3 Å². The standard InChI is InChI=1S/C23H27N3O5/c27-17(28)12-11-16-18-19(21(30)26(20(18)29)13-7-3-1-2-4-8-13)23(25-16)14-9-5-6-10-15(14)24-22(23)31/h5-6,9-10,13,16,18-19,25H,1-4,7-8,11-12H2,(H,24,31)(H,27,28). The molecule has 1 saturated carbocycles. The Balaban J connectivity index is 1.58. The zero-order valence-electron chi connectivity index (χ0n) is 17.3. The van der Waals surface area contributed by atoms with Crippen molar-refractivity contribution in [3.63, 3.8) is 0 Å². The normalized spacial score (nSPS) is 32.8. The number of hydrogen-bond acceptors (Lipinski definition) is 5. The van der Waals surface area contributed by atoms with Crippen LogP contribution in [-0.4, -0.2) is 45.8 Å². The largest absolute Gasteiger partial charge is 0.481 e. The van der Waals surface area contributed by atoms with Gasteiger partial charge in [0.1, 0.15) is 5.54 Å². The van der Waals surface area contributed by atoms with Crippen LogP contribution in [0.15, 0.2) is 24.3 Å². The molecule has 164 valence electrons. The minimum atomic E-state index is -1.34. The van der Waals surface area contributed by atoms with Gasteiger partial charge in [-0.2, -0.15) is 0 Å². The molecule has 0 bridgehead atoms. The van der Waals surface area contributed by atoms with Crippen molar-refractivity contribution in [1.29, 1.82) is 0 Å². The number of fused-ring (bicyclic) bond motifs is 4. The van der Waals surface area contributed by atoms with Crippen molar-refractivity contribution >= 4 is 29.4 Å². The Morgan fingerprint density at radius 1 is 1.06 bits per heavy atom. The van der Waals surface area contributed by atoms with Crippen LogP contribution in [0.3, 0.4) is 0 Å². The van der Waals surface area contributed by atoms with E-state index in [4.69, 9.17) is 0 Å². The van der Waals surface area contributed by atoms with E-state index in [-0.39, 0.29) is 36.6 Å². The number of anilines is 1. The number of carbonyl (C=O) groups is 4. The summed E-state index contributed by atoms with van der Waals surface area (Å²) in [6.07, 6.45) is 5.79. The second kappa shape index (κ2) is 7.44. The number of benzene rings is 1. The van der Waals surface area contributed by atoms with Crippen molar-refractivity contribution in [2.45, 2.75) is 69.0 Å². The van der Waals surface area contributed by atoms with Gasteiger partial charge in [0, 0.05) is 29.8 Å². The maximum Gasteiger partial charge on any atom is 0.303 e. The molecular formula is C23H27N3O5. The van der Waals surface area contributed by atoms with E-state index in [9.17, 15) is 24.3 Å². The zero-order valence-corrected chi connectivity index (χ0v) is 17.3. The van der Waals surface area contributed by atoms with Crippen molar-refractivity contribution in [2.75, 3.05) is 5.32 Å². The van der Waals surface area contributed by atoms with Gasteiger partial charge in [0.2, 0.25) is 17.7 Å². The molecule has 3 aliphatic heterocycles. The number of para-hydroxylation sites is 1. The van der Waals surface area contributed by atoms with Crippen LogP contribution in [0.1, 0.15) is 56.9 Å². The van der Waals surface area contributed by atoms with Gasteiger partial charge in [0.05, 0.1) is 11.8 Å². The molecule has 2 saturated heterocycles. The molecule has 3 N–H and O–H groups in total. The molecular weight excluding hydrogens is 398 g/mol. The molecule has 8 nitrogen and oxygen atoms in total. The summed E-state index contributed by atoms with van der Waals surface area (Å²) in [6.45, 7) is 0. The smallest absolute Gasteiger partial charge is 0.303 e. The van der Waals surface area contributed by atoms with Gasteiger partial charge in [0.15, 0.2) is 0 Å². The average molecular weight is 425 g/mol. The third kappa shape index (κ3) is 2.91. The summed E-state index contributed by atoms with van der Waals surface area (Å²) in [5.41, 5.74) is -0.0427. The Hall–Kier alpha value is -2.74. The fourth-order valence-corrected chi connectivity index (χ4v) is 6.18. The molecule has 0 aromatic heterocycles. The quantitative estimate of drug-likeness (QED) is 0.502. The summed E-state index contributed by atoms with van der Waals surface area (Å²) in [7, 11) is 0. The first-order chi connectivity index (χ1) is 14.9. The van der Waals surface area contributed by atoms with Crippen LogP contribution < -0.4 is 10.6 Å². The minimum Gasteiger partial charge on any atom is -0.481 e. The summed E-state index contributed by atoms with van der Waals surface area (Å²) in [4.78, 5) is 53.4. The van der Waals surface area contributed by atoms with Gasteiger partial charge in [0.25, 0.3) is 0 Å². The number of nitrogens with zero attached hydrogens (tertiary/aromatic N) is 1. The third-order valence-electron chi connectivity index (χ3n) is 7.52. The van der Waals surface area contributed by atoms with Crippen LogP contribution in [0, 0.1) is 11.8 Å². The second-order valence-electron chi connectivity index (χ2n) is 9.19. The highest BCUT2D eigenvalue weighted by Crippen LogP contribution is 2.54. The van der Waals surface area contributed by atoms with Crippen molar-refractivity contribution in [3.05, 3.63) is 29.8 Å². The van der Waals surface area contributed by atoms with Crippen LogP contribution in [0.2, 0.25) is 0 Å². The molecule has 31 heavy (non-hydrogen) atoms. The Labute approximate surface area is 180 Å². The van der Waals surface area contributed by atoms with E-state index in [1.54, 1.807) is 6.07 Å². The van der Waals surface area contributed by atoms with Crippen molar-refractivity contribution in [1.82, 2.24) is 10.2 Å². The highest BCUT2D eigenvalue weighted by atomic mass is 16.4. The Morgan fingerprint density at radius 3 is 2.48 bits per heavy atom. The van der Waals surface area contributed by atoms with Gasteiger partial charge < -0.3 is 10.4 Å². The van der Waals surface area contributed by atoms with Gasteiger partial charge in [-0.05, 0) is 25.3 Å². The fraction of sp³-hybridized carbons (Fsp3) is 0.565. The molecule has 3 heterocycles. The van der Waals surface area contributed by atoms with E-state index < -0.39 is 29.4 Å². The molecule has 1 aliphatic carbocycles.